The van der Waals surface area contributed by atoms with Crippen LogP contribution in [-0.2, 0) is 0 Å². The number of urea groups is 1. The first-order chi connectivity index (χ1) is 16.3. The smallest absolute Gasteiger partial charge is 0.321 e. The summed E-state index contributed by atoms with van der Waals surface area (Å²) in [6.07, 6.45) is 1.40. The third-order valence-electron chi connectivity index (χ3n) is 6.56. The molecule has 9 heteroatoms. The number of halogens is 1. The lowest BCUT2D eigenvalue weighted by atomic mass is 10.1. The van der Waals surface area contributed by atoms with Gasteiger partial charge in [0.2, 0.25) is 0 Å². The van der Waals surface area contributed by atoms with Crippen LogP contribution in [0.5, 0.6) is 0 Å². The number of piperazine rings is 1. The highest BCUT2D eigenvalue weighted by atomic mass is 19.1. The van der Waals surface area contributed by atoms with Crippen LogP contribution >= 0.6 is 0 Å². The number of aryl methyl sites for hydroxylation is 1. The van der Waals surface area contributed by atoms with E-state index >= 15 is 4.39 Å². The number of rotatable bonds is 4. The van der Waals surface area contributed by atoms with Crippen molar-refractivity contribution < 1.29 is 19.4 Å². The largest absolute Gasteiger partial charge is 0.366 e. The summed E-state index contributed by atoms with van der Waals surface area (Å²) in [7, 11) is 0. The Hall–Kier alpha value is -3.43. The van der Waals surface area contributed by atoms with Gasteiger partial charge in [-0.2, -0.15) is 0 Å². The number of nitrogens with one attached hydrogen (secondary N) is 1. The number of amides is 2. The van der Waals surface area contributed by atoms with Crippen molar-refractivity contribution in [3.8, 4) is 0 Å². The Balaban J connectivity index is 1.37. The molecule has 5 rings (SSSR count). The van der Waals surface area contributed by atoms with Crippen molar-refractivity contribution in [2.75, 3.05) is 36.4 Å². The van der Waals surface area contributed by atoms with Gasteiger partial charge in [0.15, 0.2) is 11.7 Å². The number of hydrogen-bond acceptors (Lipinski definition) is 5. The van der Waals surface area contributed by atoms with Gasteiger partial charge in [-0.1, -0.05) is 17.7 Å². The van der Waals surface area contributed by atoms with Crippen molar-refractivity contribution in [3.05, 3.63) is 69.8 Å². The molecule has 0 atom stereocenters. The van der Waals surface area contributed by atoms with Gasteiger partial charge in [0.25, 0.3) is 0 Å². The van der Waals surface area contributed by atoms with E-state index in [9.17, 15) is 19.8 Å². The summed E-state index contributed by atoms with van der Waals surface area (Å²) in [5, 5.41) is 22.2. The third kappa shape index (κ3) is 4.24. The first-order valence-corrected chi connectivity index (χ1v) is 11.4. The number of aliphatic hydroxyl groups excluding tert-OH is 1. The zero-order chi connectivity index (χ0) is 24.0. The Kier molecular flexibility index (Phi) is 5.75. The van der Waals surface area contributed by atoms with E-state index in [1.165, 1.54) is 12.3 Å². The number of aliphatic hydroxyl groups is 2. The highest BCUT2D eigenvalue weighted by molar-refractivity contribution is 5.89. The van der Waals surface area contributed by atoms with Gasteiger partial charge in [0.1, 0.15) is 5.82 Å². The molecule has 3 N–H and O–H groups in total. The van der Waals surface area contributed by atoms with Crippen LogP contribution in [0.2, 0.25) is 0 Å². The molecule has 1 saturated heterocycles. The van der Waals surface area contributed by atoms with E-state index in [1.54, 1.807) is 11.0 Å². The van der Waals surface area contributed by atoms with E-state index in [0.717, 1.165) is 24.1 Å². The minimum atomic E-state index is -1.91. The van der Waals surface area contributed by atoms with Crippen molar-refractivity contribution in [3.63, 3.8) is 0 Å². The van der Waals surface area contributed by atoms with E-state index in [1.807, 2.05) is 40.7 Å². The van der Waals surface area contributed by atoms with Crippen LogP contribution in [0, 0.1) is 12.7 Å². The molecule has 178 valence electrons. The monoisotopic (exact) mass is 466 g/mol. The van der Waals surface area contributed by atoms with E-state index in [-0.39, 0.29) is 23.0 Å². The molecule has 2 amide bonds. The molecule has 0 radical (unpaired) electrons. The van der Waals surface area contributed by atoms with Crippen LogP contribution in [-0.4, -0.2) is 51.9 Å². The maximum atomic E-state index is 15.1. The third-order valence-corrected chi connectivity index (χ3v) is 6.56. The molecule has 2 aromatic carbocycles. The SMILES string of the molecule is Cc1ccc(NC(=O)N2CCN(c3cc4c(cc3F)c(=O)c(C(O)O)cn4C3CC3)CC2)cc1. The van der Waals surface area contributed by atoms with Crippen LogP contribution in [0.4, 0.5) is 20.6 Å². The summed E-state index contributed by atoms with van der Waals surface area (Å²) in [6, 6.07) is 10.4. The van der Waals surface area contributed by atoms with E-state index < -0.39 is 17.5 Å². The quantitative estimate of drug-likeness (QED) is 0.514. The minimum Gasteiger partial charge on any atom is -0.366 e. The van der Waals surface area contributed by atoms with Gasteiger partial charge in [-0.15, -0.1) is 0 Å². The van der Waals surface area contributed by atoms with Crippen molar-refractivity contribution >= 4 is 28.3 Å². The van der Waals surface area contributed by atoms with Crippen molar-refractivity contribution in [1.82, 2.24) is 9.47 Å². The second-order valence-corrected chi connectivity index (χ2v) is 9.02. The molecule has 0 spiro atoms. The van der Waals surface area contributed by atoms with Gasteiger partial charge < -0.3 is 29.9 Å². The standard InChI is InChI=1S/C25H27FN4O4/c1-15-2-4-16(5-3-15)27-25(34)29-10-8-28(9-11-29)22-13-21-18(12-20(22)26)23(31)19(24(32)33)14-30(21)17-6-7-17/h2-5,12-14,17,24,32-33H,6-11H2,1H3,(H,27,34). The average Bonchev–Trinajstić information content (AvgIpc) is 3.66. The van der Waals surface area contributed by atoms with E-state index in [4.69, 9.17) is 0 Å². The summed E-state index contributed by atoms with van der Waals surface area (Å²) in [4.78, 5) is 28.9. The molecule has 2 fully saturated rings. The number of fused-ring (bicyclic) bond motifs is 1. The molecule has 34 heavy (non-hydrogen) atoms. The van der Waals surface area contributed by atoms with Gasteiger partial charge in [0.05, 0.1) is 16.8 Å². The predicted octanol–water partition coefficient (Wildman–Crippen LogP) is 3.12. The number of hydrogen-bond donors (Lipinski definition) is 3. The summed E-state index contributed by atoms with van der Waals surface area (Å²) in [6.45, 7) is 3.74. The zero-order valence-electron chi connectivity index (χ0n) is 18.9. The van der Waals surface area contributed by atoms with Crippen LogP contribution in [0.1, 0.15) is 36.3 Å². The Morgan fingerprint density at radius 1 is 1.09 bits per heavy atom. The fourth-order valence-corrected chi connectivity index (χ4v) is 4.45. The number of benzene rings is 2. The molecule has 1 aliphatic carbocycles. The molecule has 0 unspecified atom stereocenters. The lowest BCUT2D eigenvalue weighted by molar-refractivity contribution is -0.0435. The Morgan fingerprint density at radius 3 is 2.38 bits per heavy atom. The summed E-state index contributed by atoms with van der Waals surface area (Å²) in [5.74, 6) is -0.547. The van der Waals surface area contributed by atoms with E-state index in [0.29, 0.717) is 37.4 Å². The van der Waals surface area contributed by atoms with Crippen molar-refractivity contribution in [2.24, 2.45) is 0 Å². The Bertz CT molecular complexity index is 1290. The topological polar surface area (TPSA) is 98.0 Å². The van der Waals surface area contributed by atoms with Gasteiger partial charge in [-0.3, -0.25) is 4.79 Å². The van der Waals surface area contributed by atoms with Crippen molar-refractivity contribution in [2.45, 2.75) is 32.1 Å². The number of pyridine rings is 1. The minimum absolute atomic E-state index is 0.134. The van der Waals surface area contributed by atoms with Gasteiger partial charge in [-0.25, -0.2) is 9.18 Å². The first kappa shape index (κ1) is 22.4. The highest BCUT2D eigenvalue weighted by Gasteiger charge is 2.29. The molecular formula is C25H27FN4O4. The number of anilines is 2. The zero-order valence-corrected chi connectivity index (χ0v) is 18.9. The molecular weight excluding hydrogens is 439 g/mol. The summed E-state index contributed by atoms with van der Waals surface area (Å²) >= 11 is 0. The van der Waals surface area contributed by atoms with Gasteiger partial charge >= 0.3 is 6.03 Å². The molecule has 1 aliphatic heterocycles. The molecule has 0 bridgehead atoms. The average molecular weight is 467 g/mol. The number of aromatic nitrogens is 1. The fraction of sp³-hybridized carbons (Fsp3) is 0.360. The number of nitrogens with zero attached hydrogens (tertiary/aromatic N) is 3. The lowest BCUT2D eigenvalue weighted by Crippen LogP contribution is -2.50. The first-order valence-electron chi connectivity index (χ1n) is 11.4. The predicted molar refractivity (Wildman–Crippen MR) is 128 cm³/mol. The van der Waals surface area contributed by atoms with Crippen LogP contribution < -0.4 is 15.6 Å². The fourth-order valence-electron chi connectivity index (χ4n) is 4.45. The number of carbonyl (C=O) groups is 1. The normalized spacial score (nSPS) is 16.4. The highest BCUT2D eigenvalue weighted by Crippen LogP contribution is 2.38. The molecule has 1 saturated carbocycles. The molecule has 8 nitrogen and oxygen atoms in total. The molecule has 2 heterocycles. The second-order valence-electron chi connectivity index (χ2n) is 9.02. The Labute approximate surface area is 195 Å². The molecule has 3 aromatic rings. The van der Waals surface area contributed by atoms with Crippen LogP contribution in [0.25, 0.3) is 10.9 Å². The second kappa shape index (κ2) is 8.73. The van der Waals surface area contributed by atoms with Gasteiger partial charge in [0, 0.05) is 49.5 Å². The summed E-state index contributed by atoms with van der Waals surface area (Å²) in [5.41, 5.74) is 2.05. The number of carbonyl (C=O) groups excluding carboxylic acids is 1. The molecule has 1 aromatic heterocycles. The maximum absolute atomic E-state index is 15.1. The van der Waals surface area contributed by atoms with Crippen LogP contribution in [0.3, 0.4) is 0 Å². The van der Waals surface area contributed by atoms with Crippen LogP contribution in [0.15, 0.2) is 47.4 Å². The lowest BCUT2D eigenvalue weighted by Gasteiger charge is -2.36. The maximum Gasteiger partial charge on any atom is 0.321 e. The Morgan fingerprint density at radius 2 is 1.76 bits per heavy atom. The van der Waals surface area contributed by atoms with Gasteiger partial charge in [-0.05, 0) is 44.0 Å². The molecule has 2 aliphatic rings. The van der Waals surface area contributed by atoms with Crippen molar-refractivity contribution in [1.29, 1.82) is 0 Å². The summed E-state index contributed by atoms with van der Waals surface area (Å²) < 4.78 is 17.0. The van der Waals surface area contributed by atoms with E-state index in [2.05, 4.69) is 5.32 Å².